The lowest BCUT2D eigenvalue weighted by Gasteiger charge is -2.18. The first-order chi connectivity index (χ1) is 10.1. The van der Waals surface area contributed by atoms with Gasteiger partial charge in [-0.2, -0.15) is 0 Å². The van der Waals surface area contributed by atoms with Crippen LogP contribution in [0.3, 0.4) is 0 Å². The predicted molar refractivity (Wildman–Crippen MR) is 82.5 cm³/mol. The third-order valence-corrected chi connectivity index (χ3v) is 4.98. The second kappa shape index (κ2) is 5.33. The van der Waals surface area contributed by atoms with E-state index < -0.39 is 5.97 Å². The molecule has 0 unspecified atom stereocenters. The van der Waals surface area contributed by atoms with E-state index in [1.165, 1.54) is 32.7 Å². The maximum Gasteiger partial charge on any atom is 0.337 e. The first kappa shape index (κ1) is 13.8. The molecule has 0 saturated heterocycles. The number of hydrogen-bond acceptors (Lipinski definition) is 3. The van der Waals surface area contributed by atoms with Crippen molar-refractivity contribution in [2.24, 2.45) is 0 Å². The lowest BCUT2D eigenvalue weighted by atomic mass is 10.1. The molecule has 2 aromatic rings. The number of nitrogens with zero attached hydrogens (tertiary/aromatic N) is 1. The van der Waals surface area contributed by atoms with Crippen molar-refractivity contribution in [3.8, 4) is 0 Å². The molecule has 0 fully saturated rings. The van der Waals surface area contributed by atoms with E-state index in [4.69, 9.17) is 0 Å². The van der Waals surface area contributed by atoms with Gasteiger partial charge in [-0.15, -0.1) is 11.3 Å². The molecule has 0 radical (unpaired) electrons. The fraction of sp³-hybridized carbons (Fsp3) is 0.250. The Bertz CT molecular complexity index is 699. The molecular formula is C16H15NO3S. The zero-order valence-corrected chi connectivity index (χ0v) is 12.4. The highest BCUT2D eigenvalue weighted by molar-refractivity contribution is 7.14. The second-order valence-electron chi connectivity index (χ2n) is 5.10. The highest BCUT2D eigenvalue weighted by Gasteiger charge is 2.23. The molecule has 0 saturated carbocycles. The van der Waals surface area contributed by atoms with Crippen LogP contribution in [0.5, 0.6) is 0 Å². The topological polar surface area (TPSA) is 57.6 Å². The van der Waals surface area contributed by atoms with Gasteiger partial charge in [0.15, 0.2) is 0 Å². The van der Waals surface area contributed by atoms with Gasteiger partial charge in [-0.1, -0.05) is 12.1 Å². The van der Waals surface area contributed by atoms with Gasteiger partial charge in [-0.05, 0) is 43.0 Å². The summed E-state index contributed by atoms with van der Waals surface area (Å²) >= 11 is 1.53. The number of fused-ring (bicyclic) bond motifs is 1. The van der Waals surface area contributed by atoms with Crippen molar-refractivity contribution in [3.05, 3.63) is 51.2 Å². The molecule has 108 valence electrons. The zero-order valence-electron chi connectivity index (χ0n) is 11.6. The number of aromatic carboxylic acids is 1. The Labute approximate surface area is 126 Å². The summed E-state index contributed by atoms with van der Waals surface area (Å²) in [6, 6.07) is 8.51. The molecule has 1 aliphatic rings. The quantitative estimate of drug-likeness (QED) is 0.947. The number of anilines is 1. The molecule has 21 heavy (non-hydrogen) atoms. The normalized spacial score (nSPS) is 13.0. The summed E-state index contributed by atoms with van der Waals surface area (Å²) in [7, 11) is 1.62. The maximum absolute atomic E-state index is 12.6. The number of rotatable bonds is 3. The van der Waals surface area contributed by atoms with Crippen LogP contribution in [0, 0.1) is 0 Å². The molecule has 1 heterocycles. The van der Waals surface area contributed by atoms with Gasteiger partial charge in [-0.25, -0.2) is 4.79 Å². The van der Waals surface area contributed by atoms with E-state index in [2.05, 4.69) is 0 Å². The Kier molecular flexibility index (Phi) is 3.51. The summed E-state index contributed by atoms with van der Waals surface area (Å²) < 4.78 is 0. The van der Waals surface area contributed by atoms with Gasteiger partial charge in [0.2, 0.25) is 0 Å². The number of carbonyl (C=O) groups is 2. The molecule has 1 aromatic carbocycles. The number of aryl methyl sites for hydroxylation is 2. The summed E-state index contributed by atoms with van der Waals surface area (Å²) in [4.78, 5) is 27.2. The van der Waals surface area contributed by atoms with Gasteiger partial charge < -0.3 is 10.0 Å². The number of hydrogen-bond donors (Lipinski definition) is 1. The number of carbonyl (C=O) groups excluding carboxylic acids is 1. The standard InChI is InChI=1S/C16H15NO3S/c1-17(12-7-3-2-6-11(12)16(19)20)15(18)14-9-10-5-4-8-13(10)21-14/h2-3,6-7,9H,4-5,8H2,1H3,(H,19,20). The summed E-state index contributed by atoms with van der Waals surface area (Å²) in [6.45, 7) is 0. The van der Waals surface area contributed by atoms with Crippen LogP contribution in [0.15, 0.2) is 30.3 Å². The largest absolute Gasteiger partial charge is 0.478 e. The molecule has 0 spiro atoms. The molecule has 1 aliphatic carbocycles. The lowest BCUT2D eigenvalue weighted by molar-refractivity contribution is 0.0697. The van der Waals surface area contributed by atoms with Crippen molar-refractivity contribution < 1.29 is 14.7 Å². The minimum Gasteiger partial charge on any atom is -0.478 e. The number of benzene rings is 1. The average molecular weight is 301 g/mol. The van der Waals surface area contributed by atoms with Gasteiger partial charge in [0.25, 0.3) is 5.91 Å². The first-order valence-electron chi connectivity index (χ1n) is 6.80. The van der Waals surface area contributed by atoms with Crippen molar-refractivity contribution >= 4 is 28.9 Å². The molecule has 5 heteroatoms. The van der Waals surface area contributed by atoms with Gasteiger partial charge in [0.05, 0.1) is 16.1 Å². The van der Waals surface area contributed by atoms with Crippen LogP contribution in [0.25, 0.3) is 0 Å². The van der Waals surface area contributed by atoms with Gasteiger partial charge >= 0.3 is 5.97 Å². The molecular weight excluding hydrogens is 286 g/mol. The van der Waals surface area contributed by atoms with Gasteiger partial charge in [0, 0.05) is 11.9 Å². The second-order valence-corrected chi connectivity index (χ2v) is 6.24. The third kappa shape index (κ3) is 2.45. The Morgan fingerprint density at radius 2 is 2.00 bits per heavy atom. The predicted octanol–water partition coefficient (Wildman–Crippen LogP) is 3.21. The van der Waals surface area contributed by atoms with E-state index in [0.29, 0.717) is 10.6 Å². The Balaban J connectivity index is 1.92. The molecule has 4 nitrogen and oxygen atoms in total. The SMILES string of the molecule is CN(C(=O)c1cc2c(s1)CCC2)c1ccccc1C(=O)O. The summed E-state index contributed by atoms with van der Waals surface area (Å²) in [6.07, 6.45) is 3.24. The van der Waals surface area contributed by atoms with Crippen molar-refractivity contribution in [1.82, 2.24) is 0 Å². The number of carboxylic acid groups (broad SMARTS) is 1. The molecule has 1 amide bonds. The van der Waals surface area contributed by atoms with Crippen LogP contribution < -0.4 is 4.90 Å². The Morgan fingerprint density at radius 3 is 2.71 bits per heavy atom. The maximum atomic E-state index is 12.6. The monoisotopic (exact) mass is 301 g/mol. The van der Waals surface area contributed by atoms with E-state index >= 15 is 0 Å². The van der Waals surface area contributed by atoms with E-state index in [-0.39, 0.29) is 11.5 Å². The minimum absolute atomic E-state index is 0.137. The summed E-state index contributed by atoms with van der Waals surface area (Å²) in [5.41, 5.74) is 1.82. The fourth-order valence-corrected chi connectivity index (χ4v) is 3.89. The van der Waals surface area contributed by atoms with Gasteiger partial charge in [-0.3, -0.25) is 4.79 Å². The van der Waals surface area contributed by atoms with Crippen molar-refractivity contribution in [2.75, 3.05) is 11.9 Å². The molecule has 1 aromatic heterocycles. The fourth-order valence-electron chi connectivity index (χ4n) is 2.66. The average Bonchev–Trinajstić information content (AvgIpc) is 3.06. The molecule has 3 rings (SSSR count). The van der Waals surface area contributed by atoms with E-state index in [9.17, 15) is 14.7 Å². The molecule has 1 N–H and O–H groups in total. The minimum atomic E-state index is -1.03. The Hall–Kier alpha value is -2.14. The molecule has 0 bridgehead atoms. The van der Waals surface area contributed by atoms with Crippen LogP contribution in [-0.4, -0.2) is 24.0 Å². The van der Waals surface area contributed by atoms with Crippen LogP contribution in [0.1, 0.15) is 36.9 Å². The van der Waals surface area contributed by atoms with Crippen LogP contribution in [0.4, 0.5) is 5.69 Å². The number of para-hydroxylation sites is 1. The van der Waals surface area contributed by atoms with E-state index in [1.807, 2.05) is 6.07 Å². The summed E-state index contributed by atoms with van der Waals surface area (Å²) in [5.74, 6) is -1.18. The smallest absolute Gasteiger partial charge is 0.337 e. The molecule has 0 aliphatic heterocycles. The van der Waals surface area contributed by atoms with Gasteiger partial charge in [0.1, 0.15) is 0 Å². The van der Waals surface area contributed by atoms with Crippen LogP contribution in [-0.2, 0) is 12.8 Å². The lowest BCUT2D eigenvalue weighted by Crippen LogP contribution is -2.27. The van der Waals surface area contributed by atoms with Crippen molar-refractivity contribution in [1.29, 1.82) is 0 Å². The number of thiophene rings is 1. The number of carboxylic acids is 1. The van der Waals surface area contributed by atoms with Crippen LogP contribution >= 0.6 is 11.3 Å². The summed E-state index contributed by atoms with van der Waals surface area (Å²) in [5, 5.41) is 9.23. The number of amides is 1. The first-order valence-corrected chi connectivity index (χ1v) is 7.61. The van der Waals surface area contributed by atoms with Crippen LogP contribution in [0.2, 0.25) is 0 Å². The third-order valence-electron chi connectivity index (χ3n) is 3.76. The van der Waals surface area contributed by atoms with E-state index in [0.717, 1.165) is 19.3 Å². The highest BCUT2D eigenvalue weighted by atomic mass is 32.1. The Morgan fingerprint density at radius 1 is 1.24 bits per heavy atom. The van der Waals surface area contributed by atoms with Crippen molar-refractivity contribution in [2.45, 2.75) is 19.3 Å². The van der Waals surface area contributed by atoms with Crippen molar-refractivity contribution in [3.63, 3.8) is 0 Å². The molecule has 0 atom stereocenters. The van der Waals surface area contributed by atoms with E-state index in [1.54, 1.807) is 25.2 Å². The highest BCUT2D eigenvalue weighted by Crippen LogP contribution is 2.32. The zero-order chi connectivity index (χ0) is 15.0.